The Morgan fingerprint density at radius 2 is 1.89 bits per heavy atom. The van der Waals surface area contributed by atoms with E-state index in [0.717, 1.165) is 10.9 Å². The van der Waals surface area contributed by atoms with Crippen molar-refractivity contribution >= 4 is 22.1 Å². The zero-order valence-corrected chi connectivity index (χ0v) is 14.1. The topological polar surface area (TPSA) is 118 Å². The van der Waals surface area contributed by atoms with Crippen molar-refractivity contribution in [1.82, 2.24) is 24.1 Å². The van der Waals surface area contributed by atoms with Crippen molar-refractivity contribution < 1.29 is 20.1 Å². The standard InChI is InChI=1S/C18H17N5O4/c24-7-12-14(25)15(26)18(27-12)23-9-21-13-16(19-8-20-17(13)23)22-6-5-10-3-1-2-4-11(10)22/h1-6,8-9,12,14-15,18,24-26H,7H2/t12-,14-,15-,18-/m1/s1. The summed E-state index contributed by atoms with van der Waals surface area (Å²) in [5.74, 6) is 0.603. The summed E-state index contributed by atoms with van der Waals surface area (Å²) >= 11 is 0. The Morgan fingerprint density at radius 1 is 1.04 bits per heavy atom. The molecular formula is C18H17N5O4. The number of hydrogen-bond acceptors (Lipinski definition) is 7. The summed E-state index contributed by atoms with van der Waals surface area (Å²) < 4.78 is 9.07. The molecule has 1 aromatic carbocycles. The second-order valence-corrected chi connectivity index (χ2v) is 6.49. The van der Waals surface area contributed by atoms with Gasteiger partial charge in [0, 0.05) is 6.20 Å². The molecule has 1 saturated heterocycles. The average Bonchev–Trinajstić information content (AvgIpc) is 3.38. The number of imidazole rings is 1. The molecule has 9 heteroatoms. The Labute approximate surface area is 153 Å². The number of hydrogen-bond donors (Lipinski definition) is 3. The molecule has 27 heavy (non-hydrogen) atoms. The molecule has 0 unspecified atom stereocenters. The summed E-state index contributed by atoms with van der Waals surface area (Å²) in [5.41, 5.74) is 1.99. The maximum atomic E-state index is 10.3. The third-order valence-corrected chi connectivity index (χ3v) is 4.96. The molecule has 0 amide bonds. The van der Waals surface area contributed by atoms with Crippen LogP contribution in [0.5, 0.6) is 0 Å². The van der Waals surface area contributed by atoms with Gasteiger partial charge in [0.25, 0.3) is 0 Å². The average molecular weight is 367 g/mol. The number of aromatic nitrogens is 5. The Morgan fingerprint density at radius 3 is 2.70 bits per heavy atom. The minimum Gasteiger partial charge on any atom is -0.394 e. The number of nitrogens with zero attached hydrogens (tertiary/aromatic N) is 5. The van der Waals surface area contributed by atoms with E-state index in [1.807, 2.05) is 41.1 Å². The molecular weight excluding hydrogens is 350 g/mol. The molecule has 5 rings (SSSR count). The molecule has 4 heterocycles. The molecule has 0 aliphatic carbocycles. The lowest BCUT2D eigenvalue weighted by molar-refractivity contribution is -0.0511. The van der Waals surface area contributed by atoms with E-state index in [4.69, 9.17) is 4.74 Å². The van der Waals surface area contributed by atoms with Crippen LogP contribution in [0.4, 0.5) is 0 Å². The van der Waals surface area contributed by atoms with Gasteiger partial charge in [-0.15, -0.1) is 0 Å². The molecule has 138 valence electrons. The van der Waals surface area contributed by atoms with Gasteiger partial charge in [-0.3, -0.25) is 9.13 Å². The molecule has 1 aliphatic rings. The maximum absolute atomic E-state index is 10.3. The van der Waals surface area contributed by atoms with Crippen LogP contribution >= 0.6 is 0 Å². The van der Waals surface area contributed by atoms with Crippen molar-refractivity contribution in [2.45, 2.75) is 24.5 Å². The Bertz CT molecular complexity index is 1120. The van der Waals surface area contributed by atoms with Crippen molar-refractivity contribution in [3.8, 4) is 5.82 Å². The first-order valence-corrected chi connectivity index (χ1v) is 8.55. The van der Waals surface area contributed by atoms with Crippen LogP contribution in [0, 0.1) is 0 Å². The highest BCUT2D eigenvalue weighted by Crippen LogP contribution is 2.32. The highest BCUT2D eigenvalue weighted by atomic mass is 16.6. The summed E-state index contributed by atoms with van der Waals surface area (Å²) in [6, 6.07) is 9.92. The van der Waals surface area contributed by atoms with Crippen LogP contribution in [-0.4, -0.2) is 64.3 Å². The van der Waals surface area contributed by atoms with Gasteiger partial charge in [0.2, 0.25) is 0 Å². The lowest BCUT2D eigenvalue weighted by atomic mass is 10.1. The van der Waals surface area contributed by atoms with Crippen molar-refractivity contribution in [2.24, 2.45) is 0 Å². The lowest BCUT2D eigenvalue weighted by Gasteiger charge is -2.16. The van der Waals surface area contributed by atoms with Gasteiger partial charge >= 0.3 is 0 Å². The lowest BCUT2D eigenvalue weighted by Crippen LogP contribution is -2.33. The predicted molar refractivity (Wildman–Crippen MR) is 95.2 cm³/mol. The van der Waals surface area contributed by atoms with E-state index in [9.17, 15) is 15.3 Å². The van der Waals surface area contributed by atoms with E-state index in [2.05, 4.69) is 15.0 Å². The number of ether oxygens (including phenoxy) is 1. The van der Waals surface area contributed by atoms with Gasteiger partial charge in [0.05, 0.1) is 18.5 Å². The van der Waals surface area contributed by atoms with Gasteiger partial charge < -0.3 is 20.1 Å². The van der Waals surface area contributed by atoms with E-state index < -0.39 is 31.1 Å². The third-order valence-electron chi connectivity index (χ3n) is 4.96. The van der Waals surface area contributed by atoms with Gasteiger partial charge in [0.15, 0.2) is 23.2 Å². The fraction of sp³-hybridized carbons (Fsp3) is 0.278. The number of fused-ring (bicyclic) bond motifs is 2. The highest BCUT2D eigenvalue weighted by Gasteiger charge is 2.44. The summed E-state index contributed by atoms with van der Waals surface area (Å²) in [6.07, 6.45) is 0.680. The monoisotopic (exact) mass is 367 g/mol. The number of benzene rings is 1. The summed E-state index contributed by atoms with van der Waals surface area (Å²) in [7, 11) is 0. The Balaban J connectivity index is 1.64. The SMILES string of the molecule is OC[C@H]1O[C@@H](n2cnc3c(-n4ccc5ccccc54)ncnc32)[C@H](O)[C@@H]1O. The molecule has 3 N–H and O–H groups in total. The first-order valence-electron chi connectivity index (χ1n) is 8.55. The summed E-state index contributed by atoms with van der Waals surface area (Å²) in [5, 5.41) is 30.7. The van der Waals surface area contributed by atoms with Crippen LogP contribution in [0.3, 0.4) is 0 Å². The Kier molecular flexibility index (Phi) is 3.69. The number of aliphatic hydroxyl groups is 3. The second kappa shape index (κ2) is 6.10. The van der Waals surface area contributed by atoms with E-state index in [0.29, 0.717) is 17.0 Å². The van der Waals surface area contributed by atoms with Crippen molar-refractivity contribution in [3.05, 3.63) is 49.2 Å². The van der Waals surface area contributed by atoms with Crippen LogP contribution in [-0.2, 0) is 4.74 Å². The summed E-state index contributed by atoms with van der Waals surface area (Å²) in [4.78, 5) is 13.1. The molecule has 9 nitrogen and oxygen atoms in total. The van der Waals surface area contributed by atoms with E-state index in [1.165, 1.54) is 12.7 Å². The number of aliphatic hydroxyl groups excluding tert-OH is 3. The molecule has 4 aromatic rings. The molecule has 0 saturated carbocycles. The fourth-order valence-corrected chi connectivity index (χ4v) is 3.58. The third kappa shape index (κ3) is 2.37. The van der Waals surface area contributed by atoms with E-state index >= 15 is 0 Å². The van der Waals surface area contributed by atoms with Gasteiger partial charge in [0.1, 0.15) is 24.6 Å². The maximum Gasteiger partial charge on any atom is 0.168 e. The van der Waals surface area contributed by atoms with Crippen LogP contribution in [0.15, 0.2) is 49.2 Å². The number of rotatable bonds is 3. The van der Waals surface area contributed by atoms with Crippen LogP contribution in [0.2, 0.25) is 0 Å². The van der Waals surface area contributed by atoms with Gasteiger partial charge in [-0.25, -0.2) is 15.0 Å². The first kappa shape index (κ1) is 16.3. The summed E-state index contributed by atoms with van der Waals surface area (Å²) in [6.45, 7) is -0.392. The van der Waals surface area contributed by atoms with Crippen LogP contribution < -0.4 is 0 Å². The largest absolute Gasteiger partial charge is 0.394 e. The molecule has 0 bridgehead atoms. The predicted octanol–water partition coefficient (Wildman–Crippen LogP) is 0.382. The van der Waals surface area contributed by atoms with Gasteiger partial charge in [-0.2, -0.15) is 0 Å². The van der Waals surface area contributed by atoms with Crippen molar-refractivity contribution in [2.75, 3.05) is 6.61 Å². The van der Waals surface area contributed by atoms with Crippen LogP contribution in [0.25, 0.3) is 27.9 Å². The normalized spacial score (nSPS) is 25.6. The molecule has 0 spiro atoms. The van der Waals surface area contributed by atoms with Crippen molar-refractivity contribution in [1.29, 1.82) is 0 Å². The molecule has 3 aromatic heterocycles. The van der Waals surface area contributed by atoms with Gasteiger partial charge in [-0.05, 0) is 17.5 Å². The zero-order valence-electron chi connectivity index (χ0n) is 14.1. The van der Waals surface area contributed by atoms with Crippen molar-refractivity contribution in [3.63, 3.8) is 0 Å². The van der Waals surface area contributed by atoms with Gasteiger partial charge in [-0.1, -0.05) is 18.2 Å². The molecule has 1 aliphatic heterocycles. The minimum atomic E-state index is -1.20. The smallest absolute Gasteiger partial charge is 0.168 e. The minimum absolute atomic E-state index is 0.392. The molecule has 1 fully saturated rings. The van der Waals surface area contributed by atoms with E-state index in [-0.39, 0.29) is 0 Å². The molecule has 0 radical (unpaired) electrons. The van der Waals surface area contributed by atoms with E-state index in [1.54, 1.807) is 4.57 Å². The fourth-order valence-electron chi connectivity index (χ4n) is 3.58. The van der Waals surface area contributed by atoms with Crippen LogP contribution in [0.1, 0.15) is 6.23 Å². The zero-order chi connectivity index (χ0) is 18.5. The second-order valence-electron chi connectivity index (χ2n) is 6.49. The Hall–Kier alpha value is -2.85. The number of para-hydroxylation sites is 1. The molecule has 4 atom stereocenters. The first-order chi connectivity index (χ1) is 13.2. The highest BCUT2D eigenvalue weighted by molar-refractivity contribution is 5.86. The quantitative estimate of drug-likeness (QED) is 0.479.